The van der Waals surface area contributed by atoms with E-state index in [4.69, 9.17) is 6.42 Å². The van der Waals surface area contributed by atoms with Gasteiger partial charge in [0, 0.05) is 22.6 Å². The van der Waals surface area contributed by atoms with Gasteiger partial charge in [-0.15, -0.1) is 18.2 Å². The molecule has 0 radical (unpaired) electrons. The van der Waals surface area contributed by atoms with Crippen LogP contribution in [0, 0.1) is 18.3 Å². The molecule has 3 nitrogen and oxygen atoms in total. The number of carbonyl (C=O) groups excluding carboxylic acids is 1. The second-order valence-electron chi connectivity index (χ2n) is 5.74. The van der Waals surface area contributed by atoms with Gasteiger partial charge < -0.3 is 5.32 Å². The van der Waals surface area contributed by atoms with Crippen molar-refractivity contribution in [1.29, 1.82) is 0 Å². The second-order valence-corrected chi connectivity index (χ2v) is 7.25. The summed E-state index contributed by atoms with van der Waals surface area (Å²) in [5.41, 5.74) is 0. The summed E-state index contributed by atoms with van der Waals surface area (Å²) in [5.74, 6) is 3.00. The topological polar surface area (TPSA) is 32.3 Å². The van der Waals surface area contributed by atoms with E-state index in [2.05, 4.69) is 35.2 Å². The molecule has 1 aliphatic rings. The van der Waals surface area contributed by atoms with Crippen LogP contribution < -0.4 is 5.32 Å². The molecule has 118 valence electrons. The number of nitrogens with zero attached hydrogens (tertiary/aromatic N) is 1. The Bertz CT molecular complexity index is 504. The summed E-state index contributed by atoms with van der Waals surface area (Å²) in [4.78, 5) is 15.7. The second kappa shape index (κ2) is 8.87. The van der Waals surface area contributed by atoms with Crippen LogP contribution >= 0.6 is 11.8 Å². The lowest BCUT2D eigenvalue weighted by Gasteiger charge is -2.30. The molecule has 0 saturated carbocycles. The highest BCUT2D eigenvalue weighted by Gasteiger charge is 2.24. The third-order valence-electron chi connectivity index (χ3n) is 3.92. The third kappa shape index (κ3) is 5.40. The van der Waals surface area contributed by atoms with Crippen molar-refractivity contribution in [2.24, 2.45) is 5.92 Å². The van der Waals surface area contributed by atoms with Crippen LogP contribution in [0.3, 0.4) is 0 Å². The Kier molecular flexibility index (Phi) is 6.82. The fourth-order valence-electron chi connectivity index (χ4n) is 2.64. The maximum atomic E-state index is 12.2. The largest absolute Gasteiger partial charge is 0.355 e. The van der Waals surface area contributed by atoms with E-state index < -0.39 is 0 Å². The van der Waals surface area contributed by atoms with E-state index in [0.29, 0.717) is 18.3 Å². The van der Waals surface area contributed by atoms with Gasteiger partial charge >= 0.3 is 0 Å². The minimum atomic E-state index is 0.142. The molecule has 2 rings (SSSR count). The van der Waals surface area contributed by atoms with Crippen molar-refractivity contribution in [2.45, 2.75) is 29.9 Å². The Morgan fingerprint density at radius 3 is 2.73 bits per heavy atom. The highest BCUT2D eigenvalue weighted by Crippen LogP contribution is 2.22. The Morgan fingerprint density at radius 1 is 1.41 bits per heavy atom. The standard InChI is InChI=1S/C18H24N2OS/c1-3-11-20-12-9-16(10-13-20)18(21)19-14-15(2)22-17-7-5-4-6-8-17/h1,4-8,15-16H,9-14H2,2H3,(H,19,21)/t15-/m1/s1. The van der Waals surface area contributed by atoms with Gasteiger partial charge in [0.15, 0.2) is 0 Å². The Labute approximate surface area is 137 Å². The normalized spacial score (nSPS) is 17.6. The van der Waals surface area contributed by atoms with Crippen LogP contribution in [0.1, 0.15) is 19.8 Å². The average Bonchev–Trinajstić information content (AvgIpc) is 2.54. The number of amides is 1. The number of thioether (sulfide) groups is 1. The van der Waals surface area contributed by atoms with Crippen LogP contribution in [-0.2, 0) is 4.79 Å². The first-order valence-corrected chi connectivity index (χ1v) is 8.72. The number of nitrogens with one attached hydrogen (secondary N) is 1. The van der Waals surface area contributed by atoms with Gasteiger partial charge in [-0.1, -0.05) is 31.0 Å². The highest BCUT2D eigenvalue weighted by molar-refractivity contribution is 8.00. The number of terminal acetylenes is 1. The minimum absolute atomic E-state index is 0.142. The summed E-state index contributed by atoms with van der Waals surface area (Å²) >= 11 is 1.79. The number of piperidine rings is 1. The van der Waals surface area contributed by atoms with Gasteiger partial charge in [-0.05, 0) is 38.1 Å². The van der Waals surface area contributed by atoms with E-state index >= 15 is 0 Å². The highest BCUT2D eigenvalue weighted by atomic mass is 32.2. The van der Waals surface area contributed by atoms with E-state index in [1.54, 1.807) is 11.8 Å². The first-order valence-electron chi connectivity index (χ1n) is 7.84. The van der Waals surface area contributed by atoms with Crippen molar-refractivity contribution in [3.8, 4) is 12.3 Å². The van der Waals surface area contributed by atoms with Gasteiger partial charge in [0.05, 0.1) is 6.54 Å². The fourth-order valence-corrected chi connectivity index (χ4v) is 3.59. The van der Waals surface area contributed by atoms with Crippen LogP contribution in [0.4, 0.5) is 0 Å². The Morgan fingerprint density at radius 2 is 2.09 bits per heavy atom. The zero-order chi connectivity index (χ0) is 15.8. The summed E-state index contributed by atoms with van der Waals surface area (Å²) in [6.45, 7) is 5.41. The average molecular weight is 316 g/mol. The molecule has 0 aromatic heterocycles. The van der Waals surface area contributed by atoms with Crippen molar-refractivity contribution >= 4 is 17.7 Å². The van der Waals surface area contributed by atoms with Crippen LogP contribution in [0.15, 0.2) is 35.2 Å². The molecule has 0 bridgehead atoms. The van der Waals surface area contributed by atoms with E-state index in [1.165, 1.54) is 4.90 Å². The summed E-state index contributed by atoms with van der Waals surface area (Å²) in [6, 6.07) is 10.3. The monoisotopic (exact) mass is 316 g/mol. The molecule has 1 atom stereocenters. The molecule has 1 heterocycles. The molecular weight excluding hydrogens is 292 g/mol. The third-order valence-corrected chi connectivity index (χ3v) is 5.03. The fraction of sp³-hybridized carbons (Fsp3) is 0.500. The lowest BCUT2D eigenvalue weighted by atomic mass is 9.96. The molecule has 22 heavy (non-hydrogen) atoms. The van der Waals surface area contributed by atoms with Crippen molar-refractivity contribution in [3.63, 3.8) is 0 Å². The van der Waals surface area contributed by atoms with Crippen LogP contribution in [0.25, 0.3) is 0 Å². The summed E-state index contributed by atoms with van der Waals surface area (Å²) in [6.07, 6.45) is 7.15. The predicted molar refractivity (Wildman–Crippen MR) is 92.8 cm³/mol. The molecule has 0 unspecified atom stereocenters. The Balaban J connectivity index is 1.68. The molecule has 0 spiro atoms. The maximum Gasteiger partial charge on any atom is 0.223 e. The van der Waals surface area contributed by atoms with Crippen molar-refractivity contribution in [2.75, 3.05) is 26.2 Å². The zero-order valence-corrected chi connectivity index (χ0v) is 13.9. The van der Waals surface area contributed by atoms with Crippen molar-refractivity contribution in [1.82, 2.24) is 10.2 Å². The van der Waals surface area contributed by atoms with Gasteiger partial charge in [0.25, 0.3) is 0 Å². The molecule has 4 heteroatoms. The van der Waals surface area contributed by atoms with E-state index in [1.807, 2.05) is 18.2 Å². The number of hydrogen-bond donors (Lipinski definition) is 1. The maximum absolute atomic E-state index is 12.2. The van der Waals surface area contributed by atoms with Crippen molar-refractivity contribution < 1.29 is 4.79 Å². The first kappa shape index (κ1) is 16.9. The molecule has 1 amide bonds. The number of rotatable bonds is 6. The number of benzene rings is 1. The first-order chi connectivity index (χ1) is 10.7. The van der Waals surface area contributed by atoms with E-state index in [-0.39, 0.29) is 11.8 Å². The zero-order valence-electron chi connectivity index (χ0n) is 13.1. The molecular formula is C18H24N2OS. The molecule has 1 aromatic carbocycles. The number of carbonyl (C=O) groups is 1. The predicted octanol–water partition coefficient (Wildman–Crippen LogP) is 2.63. The summed E-state index contributed by atoms with van der Waals surface area (Å²) < 4.78 is 0. The van der Waals surface area contributed by atoms with Crippen LogP contribution in [0.2, 0.25) is 0 Å². The lowest BCUT2D eigenvalue weighted by Crippen LogP contribution is -2.41. The van der Waals surface area contributed by atoms with Crippen LogP contribution in [0.5, 0.6) is 0 Å². The van der Waals surface area contributed by atoms with Crippen LogP contribution in [-0.4, -0.2) is 42.2 Å². The molecule has 1 saturated heterocycles. The van der Waals surface area contributed by atoms with E-state index in [9.17, 15) is 4.79 Å². The van der Waals surface area contributed by atoms with Gasteiger partial charge in [-0.25, -0.2) is 0 Å². The quantitative estimate of drug-likeness (QED) is 0.647. The van der Waals surface area contributed by atoms with Gasteiger partial charge in [-0.2, -0.15) is 0 Å². The van der Waals surface area contributed by atoms with Gasteiger partial charge in [0.1, 0.15) is 0 Å². The smallest absolute Gasteiger partial charge is 0.223 e. The van der Waals surface area contributed by atoms with Gasteiger partial charge in [0.2, 0.25) is 5.91 Å². The SMILES string of the molecule is C#CCN1CCC(C(=O)NC[C@@H](C)Sc2ccccc2)CC1. The van der Waals surface area contributed by atoms with E-state index in [0.717, 1.165) is 25.9 Å². The Hall–Kier alpha value is -1.44. The molecule has 1 aromatic rings. The summed E-state index contributed by atoms with van der Waals surface area (Å²) in [5, 5.41) is 3.47. The van der Waals surface area contributed by atoms with Crippen molar-refractivity contribution in [3.05, 3.63) is 30.3 Å². The molecule has 1 aliphatic heterocycles. The molecule has 1 fully saturated rings. The lowest BCUT2D eigenvalue weighted by molar-refractivity contribution is -0.126. The number of hydrogen-bond acceptors (Lipinski definition) is 3. The molecule has 0 aliphatic carbocycles. The van der Waals surface area contributed by atoms with Gasteiger partial charge in [-0.3, -0.25) is 9.69 Å². The minimum Gasteiger partial charge on any atom is -0.355 e. The molecule has 1 N–H and O–H groups in total. The summed E-state index contributed by atoms with van der Waals surface area (Å²) in [7, 11) is 0. The number of likely N-dealkylation sites (tertiary alicyclic amines) is 1.